The highest BCUT2D eigenvalue weighted by molar-refractivity contribution is 6.37. The fourth-order valence-electron chi connectivity index (χ4n) is 3.85. The number of hydrogen-bond acceptors (Lipinski definition) is 3. The Morgan fingerprint density at radius 1 is 1.26 bits per heavy atom. The minimum absolute atomic E-state index is 0.0313. The van der Waals surface area contributed by atoms with Gasteiger partial charge in [-0.25, -0.2) is 0 Å². The zero-order chi connectivity index (χ0) is 19.9. The number of nitrogens with zero attached hydrogens (tertiary/aromatic N) is 2. The molecule has 5 heteroatoms. The summed E-state index contributed by atoms with van der Waals surface area (Å²) in [5, 5.41) is 2.67. The van der Waals surface area contributed by atoms with E-state index in [0.717, 1.165) is 28.4 Å². The molecule has 4 nitrogen and oxygen atoms in total. The third-order valence-corrected chi connectivity index (χ3v) is 5.25. The summed E-state index contributed by atoms with van der Waals surface area (Å²) >= 11 is 6.64. The topological polar surface area (TPSA) is 44.1 Å². The molecule has 2 aromatic heterocycles. The Hall–Kier alpha value is -2.07. The average Bonchev–Trinajstić information content (AvgIpc) is 2.57. The number of hydrogen-bond donors (Lipinski definition) is 0. The van der Waals surface area contributed by atoms with E-state index in [1.165, 1.54) is 0 Å². The van der Waals surface area contributed by atoms with Crippen molar-refractivity contribution in [1.82, 2.24) is 9.55 Å². The van der Waals surface area contributed by atoms with Crippen LogP contribution in [0.25, 0.3) is 21.7 Å². The Balaban J connectivity index is 2.11. The monoisotopic (exact) mass is 386 g/mol. The van der Waals surface area contributed by atoms with E-state index in [2.05, 4.69) is 32.7 Å². The lowest BCUT2D eigenvalue weighted by molar-refractivity contribution is 0.154. The lowest BCUT2D eigenvalue weighted by atomic mass is 9.85. The molecule has 0 unspecified atom stereocenters. The summed E-state index contributed by atoms with van der Waals surface area (Å²) in [4.78, 5) is 17.3. The second kappa shape index (κ2) is 7.16. The van der Waals surface area contributed by atoms with Gasteiger partial charge in [0.15, 0.2) is 0 Å². The van der Waals surface area contributed by atoms with Crippen molar-refractivity contribution in [2.24, 2.45) is 18.4 Å². The van der Waals surface area contributed by atoms with Crippen molar-refractivity contribution in [2.45, 2.75) is 41.0 Å². The molecule has 3 rings (SSSR count). The fourth-order valence-corrected chi connectivity index (χ4v) is 4.15. The molecule has 0 spiro atoms. The van der Waals surface area contributed by atoms with Crippen molar-refractivity contribution in [2.75, 3.05) is 6.61 Å². The van der Waals surface area contributed by atoms with Crippen LogP contribution in [0.15, 0.2) is 29.2 Å². The standard InChI is InChI=1S/C22H27ClN2O2/c1-13(2)10-22(4,5)12-27-18-8-7-15-16-9-14(3)24-11-17(16)25(6)21(26)19(15)20(18)23/h7-9,11,13H,10,12H2,1-6H3. The minimum Gasteiger partial charge on any atom is -0.491 e. The third-order valence-electron chi connectivity index (χ3n) is 4.88. The molecule has 2 heterocycles. The molecule has 0 aliphatic rings. The number of halogens is 1. The normalized spacial score (nSPS) is 12.3. The molecule has 0 saturated heterocycles. The molecule has 0 aliphatic heterocycles. The summed E-state index contributed by atoms with van der Waals surface area (Å²) in [7, 11) is 1.75. The maximum absolute atomic E-state index is 12.9. The van der Waals surface area contributed by atoms with Gasteiger partial charge in [-0.2, -0.15) is 0 Å². The molecule has 3 aromatic rings. The average molecular weight is 387 g/mol. The number of rotatable bonds is 5. The molecule has 0 atom stereocenters. The van der Waals surface area contributed by atoms with Crippen LogP contribution in [-0.2, 0) is 7.05 Å². The molecule has 0 radical (unpaired) electrons. The van der Waals surface area contributed by atoms with Crippen molar-refractivity contribution < 1.29 is 4.74 Å². The van der Waals surface area contributed by atoms with Gasteiger partial charge in [0, 0.05) is 18.1 Å². The summed E-state index contributed by atoms with van der Waals surface area (Å²) in [5.41, 5.74) is 1.58. The van der Waals surface area contributed by atoms with E-state index in [0.29, 0.717) is 28.7 Å². The van der Waals surface area contributed by atoms with Gasteiger partial charge in [-0.05, 0) is 48.3 Å². The summed E-state index contributed by atoms with van der Waals surface area (Å²) in [6.45, 7) is 11.3. The van der Waals surface area contributed by atoms with Crippen LogP contribution in [0.1, 0.15) is 39.8 Å². The number of aryl methyl sites for hydroxylation is 2. The smallest absolute Gasteiger partial charge is 0.260 e. The molecular weight excluding hydrogens is 360 g/mol. The Bertz CT molecular complexity index is 1070. The van der Waals surface area contributed by atoms with Gasteiger partial charge >= 0.3 is 0 Å². The number of ether oxygens (including phenoxy) is 1. The molecule has 0 N–H and O–H groups in total. The van der Waals surface area contributed by atoms with Gasteiger partial charge in [0.1, 0.15) is 5.75 Å². The van der Waals surface area contributed by atoms with Crippen molar-refractivity contribution in [3.8, 4) is 5.75 Å². The van der Waals surface area contributed by atoms with E-state index >= 15 is 0 Å². The maximum Gasteiger partial charge on any atom is 0.260 e. The number of pyridine rings is 2. The van der Waals surface area contributed by atoms with E-state index in [1.54, 1.807) is 17.8 Å². The molecule has 1 aromatic carbocycles. The lowest BCUT2D eigenvalue weighted by Gasteiger charge is -2.27. The van der Waals surface area contributed by atoms with Gasteiger partial charge in [0.05, 0.1) is 28.7 Å². The molecule has 144 valence electrons. The highest BCUT2D eigenvalue weighted by atomic mass is 35.5. The van der Waals surface area contributed by atoms with Crippen LogP contribution in [0.4, 0.5) is 0 Å². The van der Waals surface area contributed by atoms with Crippen LogP contribution in [0.5, 0.6) is 5.75 Å². The van der Waals surface area contributed by atoms with Crippen LogP contribution in [0, 0.1) is 18.3 Å². The lowest BCUT2D eigenvalue weighted by Crippen LogP contribution is -2.23. The van der Waals surface area contributed by atoms with Crippen molar-refractivity contribution >= 4 is 33.3 Å². The molecule has 0 amide bonds. The second-order valence-corrected chi connectivity index (χ2v) is 8.94. The van der Waals surface area contributed by atoms with E-state index in [-0.39, 0.29) is 11.0 Å². The first-order chi connectivity index (χ1) is 12.6. The second-order valence-electron chi connectivity index (χ2n) is 8.56. The van der Waals surface area contributed by atoms with E-state index in [9.17, 15) is 4.79 Å². The van der Waals surface area contributed by atoms with Gasteiger partial charge in [-0.1, -0.05) is 39.3 Å². The van der Waals surface area contributed by atoms with Gasteiger partial charge < -0.3 is 9.30 Å². The van der Waals surface area contributed by atoms with E-state index < -0.39 is 0 Å². The van der Waals surface area contributed by atoms with Crippen molar-refractivity contribution in [1.29, 1.82) is 0 Å². The van der Waals surface area contributed by atoms with Gasteiger partial charge in [-0.3, -0.25) is 9.78 Å². The maximum atomic E-state index is 12.9. The van der Waals surface area contributed by atoms with Crippen LogP contribution in [-0.4, -0.2) is 16.2 Å². The summed E-state index contributed by atoms with van der Waals surface area (Å²) < 4.78 is 7.65. The number of fused-ring (bicyclic) bond motifs is 3. The highest BCUT2D eigenvalue weighted by Gasteiger charge is 2.22. The zero-order valence-electron chi connectivity index (χ0n) is 16.9. The first kappa shape index (κ1) is 19.7. The van der Waals surface area contributed by atoms with E-state index in [4.69, 9.17) is 16.3 Å². The van der Waals surface area contributed by atoms with Crippen molar-refractivity contribution in [3.63, 3.8) is 0 Å². The molecule has 27 heavy (non-hydrogen) atoms. The fraction of sp³-hybridized carbons (Fsp3) is 0.455. The van der Waals surface area contributed by atoms with Crippen molar-refractivity contribution in [3.05, 3.63) is 45.5 Å². The Morgan fingerprint density at radius 3 is 2.63 bits per heavy atom. The quantitative estimate of drug-likeness (QED) is 0.544. The van der Waals surface area contributed by atoms with Crippen LogP contribution in [0.2, 0.25) is 5.02 Å². The van der Waals surface area contributed by atoms with Gasteiger partial charge in [-0.15, -0.1) is 0 Å². The molecular formula is C22H27ClN2O2. The predicted molar refractivity (Wildman–Crippen MR) is 113 cm³/mol. The van der Waals surface area contributed by atoms with E-state index in [1.807, 2.05) is 25.1 Å². The Morgan fingerprint density at radius 2 is 1.96 bits per heavy atom. The van der Waals surface area contributed by atoms with Crippen LogP contribution in [0.3, 0.4) is 0 Å². The van der Waals surface area contributed by atoms with Crippen LogP contribution < -0.4 is 10.3 Å². The molecule has 0 fully saturated rings. The third kappa shape index (κ3) is 3.81. The zero-order valence-corrected chi connectivity index (χ0v) is 17.6. The van der Waals surface area contributed by atoms with Gasteiger partial charge in [0.2, 0.25) is 0 Å². The first-order valence-electron chi connectivity index (χ1n) is 9.31. The van der Waals surface area contributed by atoms with Gasteiger partial charge in [0.25, 0.3) is 5.56 Å². The Kier molecular flexibility index (Phi) is 5.22. The Labute approximate surface area is 165 Å². The highest BCUT2D eigenvalue weighted by Crippen LogP contribution is 2.35. The number of aromatic nitrogens is 2. The number of benzene rings is 1. The summed E-state index contributed by atoms with van der Waals surface area (Å²) in [6.07, 6.45) is 2.79. The summed E-state index contributed by atoms with van der Waals surface area (Å²) in [5.74, 6) is 1.15. The predicted octanol–water partition coefficient (Wildman–Crippen LogP) is 5.50. The largest absolute Gasteiger partial charge is 0.491 e. The SMILES string of the molecule is Cc1cc2c3ccc(OCC(C)(C)CC(C)C)c(Cl)c3c(=O)n(C)c2cn1. The minimum atomic E-state index is -0.139. The summed E-state index contributed by atoms with van der Waals surface area (Å²) in [6, 6.07) is 5.78. The molecule has 0 saturated carbocycles. The van der Waals surface area contributed by atoms with Crippen LogP contribution >= 0.6 is 11.6 Å². The molecule has 0 bridgehead atoms. The first-order valence-corrected chi connectivity index (χ1v) is 9.69. The molecule has 0 aliphatic carbocycles.